The number of nitrogens with zero attached hydrogens (tertiary/aromatic N) is 2. The highest BCUT2D eigenvalue weighted by molar-refractivity contribution is 6.30. The molecule has 2 rings (SSSR count). The van der Waals surface area contributed by atoms with Gasteiger partial charge in [-0.05, 0) is 30.5 Å². The Morgan fingerprint density at radius 1 is 1.12 bits per heavy atom. The molecule has 0 aliphatic heterocycles. The van der Waals surface area contributed by atoms with Crippen LogP contribution in [0.4, 0.5) is 17.6 Å². The second-order valence-corrected chi connectivity index (χ2v) is 7.00. The summed E-state index contributed by atoms with van der Waals surface area (Å²) in [6.07, 6.45) is -3.60. The van der Waals surface area contributed by atoms with Gasteiger partial charge in [0.25, 0.3) is 0 Å². The summed E-state index contributed by atoms with van der Waals surface area (Å²) in [5, 5.41) is 0.405. The molecule has 0 unspecified atom stereocenters. The summed E-state index contributed by atoms with van der Waals surface area (Å²) in [6.45, 7) is 5.96. The van der Waals surface area contributed by atoms with Gasteiger partial charge >= 0.3 is 6.18 Å². The Morgan fingerprint density at radius 3 is 2.24 bits per heavy atom. The molecular weight excluding hydrogens is 356 g/mol. The van der Waals surface area contributed by atoms with Crippen molar-refractivity contribution in [3.8, 4) is 5.69 Å². The van der Waals surface area contributed by atoms with Crippen LogP contribution in [0.3, 0.4) is 0 Å². The fourth-order valence-electron chi connectivity index (χ4n) is 2.61. The molecule has 0 saturated carbocycles. The average molecular weight is 377 g/mol. The number of aromatic nitrogens is 2. The molecule has 0 bridgehead atoms. The minimum absolute atomic E-state index is 0.0241. The Hall–Kier alpha value is -1.56. The van der Waals surface area contributed by atoms with Crippen molar-refractivity contribution in [2.75, 3.05) is 0 Å². The predicted molar refractivity (Wildman–Crippen MR) is 90.8 cm³/mol. The standard InChI is InChI=1S/C18H21ClF4N2/c1-5-14-16(19)25(15(6-2)24-14)12-8-7-11(13(20)9-12)10-17(3,4)18(21,22)23/h7-9H,5-6,10H2,1-4H3. The Balaban J connectivity index is 2.43. The van der Waals surface area contributed by atoms with Crippen molar-refractivity contribution in [3.63, 3.8) is 0 Å². The van der Waals surface area contributed by atoms with Gasteiger partial charge in [-0.15, -0.1) is 0 Å². The first-order valence-corrected chi connectivity index (χ1v) is 8.51. The monoisotopic (exact) mass is 376 g/mol. The molecule has 1 heterocycles. The second kappa shape index (κ2) is 6.98. The second-order valence-electron chi connectivity index (χ2n) is 6.64. The van der Waals surface area contributed by atoms with Gasteiger partial charge in [0, 0.05) is 6.42 Å². The summed E-state index contributed by atoms with van der Waals surface area (Å²) in [7, 11) is 0. The first kappa shape index (κ1) is 19.8. The van der Waals surface area contributed by atoms with Crippen LogP contribution in [0.2, 0.25) is 5.15 Å². The average Bonchev–Trinajstić information content (AvgIpc) is 2.84. The number of benzene rings is 1. The summed E-state index contributed by atoms with van der Waals surface area (Å²) in [4.78, 5) is 4.43. The molecule has 2 nitrogen and oxygen atoms in total. The first-order valence-electron chi connectivity index (χ1n) is 8.13. The number of aryl methyl sites for hydroxylation is 2. The lowest BCUT2D eigenvalue weighted by molar-refractivity contribution is -0.211. The maximum atomic E-state index is 14.5. The van der Waals surface area contributed by atoms with E-state index in [0.29, 0.717) is 35.2 Å². The summed E-state index contributed by atoms with van der Waals surface area (Å²) >= 11 is 6.33. The molecule has 138 valence electrons. The minimum atomic E-state index is -4.41. The molecule has 25 heavy (non-hydrogen) atoms. The van der Waals surface area contributed by atoms with Gasteiger partial charge in [-0.1, -0.05) is 45.4 Å². The van der Waals surface area contributed by atoms with E-state index in [1.54, 1.807) is 10.6 Å². The zero-order valence-corrected chi connectivity index (χ0v) is 15.4. The third-order valence-corrected chi connectivity index (χ3v) is 4.69. The van der Waals surface area contributed by atoms with E-state index >= 15 is 0 Å². The Labute approximate surface area is 149 Å². The minimum Gasteiger partial charge on any atom is -0.287 e. The molecule has 0 atom stereocenters. The molecule has 0 radical (unpaired) electrons. The molecule has 1 aromatic heterocycles. The molecule has 0 aliphatic carbocycles. The van der Waals surface area contributed by atoms with Gasteiger partial charge in [0.15, 0.2) is 0 Å². The summed E-state index contributed by atoms with van der Waals surface area (Å²) in [5.41, 5.74) is -0.816. The van der Waals surface area contributed by atoms with Gasteiger partial charge in [-0.25, -0.2) is 9.37 Å². The third-order valence-electron chi connectivity index (χ3n) is 4.30. The normalized spacial score (nSPS) is 12.7. The van der Waals surface area contributed by atoms with Crippen LogP contribution in [-0.4, -0.2) is 15.7 Å². The van der Waals surface area contributed by atoms with E-state index < -0.39 is 23.8 Å². The SMILES string of the molecule is CCc1nc(CC)n(-c2ccc(CC(C)(C)C(F)(F)F)c(F)c2)c1Cl. The van der Waals surface area contributed by atoms with Crippen LogP contribution in [0.5, 0.6) is 0 Å². The van der Waals surface area contributed by atoms with Gasteiger partial charge < -0.3 is 0 Å². The van der Waals surface area contributed by atoms with Crippen LogP contribution in [0, 0.1) is 11.2 Å². The van der Waals surface area contributed by atoms with E-state index in [9.17, 15) is 17.6 Å². The maximum absolute atomic E-state index is 14.5. The zero-order valence-electron chi connectivity index (χ0n) is 14.6. The summed E-state index contributed by atoms with van der Waals surface area (Å²) in [6, 6.07) is 4.19. The van der Waals surface area contributed by atoms with E-state index in [1.165, 1.54) is 12.1 Å². The number of hydrogen-bond donors (Lipinski definition) is 0. The molecule has 0 N–H and O–H groups in total. The van der Waals surface area contributed by atoms with Crippen molar-refractivity contribution in [2.45, 2.75) is 53.1 Å². The van der Waals surface area contributed by atoms with Gasteiger partial charge in [0.2, 0.25) is 0 Å². The number of hydrogen-bond acceptors (Lipinski definition) is 1. The van der Waals surface area contributed by atoms with Crippen molar-refractivity contribution in [2.24, 2.45) is 5.41 Å². The van der Waals surface area contributed by atoms with Crippen LogP contribution in [0.25, 0.3) is 5.69 Å². The smallest absolute Gasteiger partial charge is 0.287 e. The summed E-state index contributed by atoms with van der Waals surface area (Å²) < 4.78 is 55.2. The number of alkyl halides is 3. The van der Waals surface area contributed by atoms with Crippen molar-refractivity contribution < 1.29 is 17.6 Å². The Bertz CT molecular complexity index is 763. The van der Waals surface area contributed by atoms with Crippen LogP contribution in [-0.2, 0) is 19.3 Å². The number of imidazole rings is 1. The van der Waals surface area contributed by atoms with Gasteiger partial charge in [-0.3, -0.25) is 4.57 Å². The highest BCUT2D eigenvalue weighted by atomic mass is 35.5. The van der Waals surface area contributed by atoms with E-state index in [1.807, 2.05) is 13.8 Å². The Morgan fingerprint density at radius 2 is 1.76 bits per heavy atom. The number of halogens is 5. The largest absolute Gasteiger partial charge is 0.394 e. The lowest BCUT2D eigenvalue weighted by atomic mass is 9.85. The van der Waals surface area contributed by atoms with Gasteiger partial charge in [0.05, 0.1) is 16.8 Å². The van der Waals surface area contributed by atoms with Crippen molar-refractivity contribution in [1.29, 1.82) is 0 Å². The molecule has 0 saturated heterocycles. The van der Waals surface area contributed by atoms with E-state index in [2.05, 4.69) is 4.98 Å². The van der Waals surface area contributed by atoms with E-state index in [-0.39, 0.29) is 5.56 Å². The quantitative estimate of drug-likeness (QED) is 0.592. The van der Waals surface area contributed by atoms with E-state index in [0.717, 1.165) is 13.8 Å². The van der Waals surface area contributed by atoms with Crippen molar-refractivity contribution in [1.82, 2.24) is 9.55 Å². The van der Waals surface area contributed by atoms with Gasteiger partial charge in [-0.2, -0.15) is 13.2 Å². The zero-order chi connectivity index (χ0) is 19.0. The highest BCUT2D eigenvalue weighted by Gasteiger charge is 2.47. The molecule has 0 aliphatic rings. The fourth-order valence-corrected chi connectivity index (χ4v) is 2.98. The highest BCUT2D eigenvalue weighted by Crippen LogP contribution is 2.40. The fraction of sp³-hybridized carbons (Fsp3) is 0.500. The van der Waals surface area contributed by atoms with Crippen LogP contribution in [0.15, 0.2) is 18.2 Å². The van der Waals surface area contributed by atoms with E-state index in [4.69, 9.17) is 11.6 Å². The van der Waals surface area contributed by atoms with Crippen molar-refractivity contribution in [3.05, 3.63) is 46.3 Å². The molecular formula is C18H21ClF4N2. The van der Waals surface area contributed by atoms with Crippen molar-refractivity contribution >= 4 is 11.6 Å². The molecule has 1 aromatic carbocycles. The molecule has 0 spiro atoms. The molecule has 0 amide bonds. The lowest BCUT2D eigenvalue weighted by Gasteiger charge is -2.28. The maximum Gasteiger partial charge on any atom is 0.394 e. The Kier molecular flexibility index (Phi) is 5.52. The third kappa shape index (κ3) is 3.84. The van der Waals surface area contributed by atoms with Crippen LogP contribution in [0.1, 0.15) is 44.8 Å². The lowest BCUT2D eigenvalue weighted by Crippen LogP contribution is -2.34. The molecule has 2 aromatic rings. The van der Waals surface area contributed by atoms with Gasteiger partial charge in [0.1, 0.15) is 16.8 Å². The molecule has 7 heteroatoms. The summed E-state index contributed by atoms with van der Waals surface area (Å²) in [5.74, 6) is 0.00399. The predicted octanol–water partition coefficient (Wildman–Crippen LogP) is 5.92. The van der Waals surface area contributed by atoms with Crippen LogP contribution < -0.4 is 0 Å². The van der Waals surface area contributed by atoms with Crippen LogP contribution >= 0.6 is 11.6 Å². The number of rotatable bonds is 5. The topological polar surface area (TPSA) is 17.8 Å². The molecule has 0 fully saturated rings. The first-order chi connectivity index (χ1) is 11.5.